The Labute approximate surface area is 164 Å². The number of anilines is 2. The molecule has 0 fully saturated rings. The SMILES string of the molecule is CC(C)(O)CCn1cc2cc(NC(=O)c3cccc(C(F)(F)F)n3)cc(N)c2n1. The van der Waals surface area contributed by atoms with Gasteiger partial charge in [-0.15, -0.1) is 0 Å². The van der Waals surface area contributed by atoms with Gasteiger partial charge in [0.25, 0.3) is 5.91 Å². The molecule has 0 bridgehead atoms. The topological polar surface area (TPSA) is 106 Å². The van der Waals surface area contributed by atoms with E-state index in [0.29, 0.717) is 35.2 Å². The van der Waals surface area contributed by atoms with E-state index in [-0.39, 0.29) is 5.69 Å². The van der Waals surface area contributed by atoms with Crippen LogP contribution in [0.1, 0.15) is 36.5 Å². The number of fused-ring (bicyclic) bond motifs is 1. The van der Waals surface area contributed by atoms with Crippen LogP contribution in [0.2, 0.25) is 0 Å². The van der Waals surface area contributed by atoms with Crippen molar-refractivity contribution in [3.05, 3.63) is 47.9 Å². The molecule has 0 radical (unpaired) electrons. The third-order valence-corrected chi connectivity index (χ3v) is 4.17. The van der Waals surface area contributed by atoms with E-state index in [1.165, 1.54) is 12.1 Å². The van der Waals surface area contributed by atoms with Crippen LogP contribution in [0.25, 0.3) is 10.9 Å². The van der Waals surface area contributed by atoms with Crippen molar-refractivity contribution in [3.8, 4) is 0 Å². The first kappa shape index (κ1) is 20.6. The van der Waals surface area contributed by atoms with Crippen LogP contribution in [-0.4, -0.2) is 31.4 Å². The molecular formula is C19H20F3N5O2. The number of nitrogens with one attached hydrogen (secondary N) is 1. The highest BCUT2D eigenvalue weighted by Gasteiger charge is 2.33. The Bertz CT molecular complexity index is 1050. The van der Waals surface area contributed by atoms with E-state index in [0.717, 1.165) is 12.1 Å². The number of nitrogen functional groups attached to an aromatic ring is 1. The molecule has 1 aromatic carbocycles. The van der Waals surface area contributed by atoms with Gasteiger partial charge in [-0.05, 0) is 44.5 Å². The summed E-state index contributed by atoms with van der Waals surface area (Å²) < 4.78 is 40.0. The zero-order valence-electron chi connectivity index (χ0n) is 15.8. The number of aryl methyl sites for hydroxylation is 1. The maximum absolute atomic E-state index is 12.8. The number of carbonyl (C=O) groups excluding carboxylic acids is 1. The maximum atomic E-state index is 12.8. The molecule has 7 nitrogen and oxygen atoms in total. The van der Waals surface area contributed by atoms with Gasteiger partial charge in [0.1, 0.15) is 16.9 Å². The number of carbonyl (C=O) groups is 1. The van der Waals surface area contributed by atoms with Crippen LogP contribution in [0.15, 0.2) is 36.5 Å². The minimum atomic E-state index is -4.64. The van der Waals surface area contributed by atoms with Crippen molar-refractivity contribution in [2.75, 3.05) is 11.1 Å². The second-order valence-corrected chi connectivity index (χ2v) is 7.32. The quantitative estimate of drug-likeness (QED) is 0.562. The number of aliphatic hydroxyl groups is 1. The van der Waals surface area contributed by atoms with Crippen molar-refractivity contribution >= 4 is 28.2 Å². The molecule has 0 aliphatic carbocycles. The van der Waals surface area contributed by atoms with E-state index in [4.69, 9.17) is 5.73 Å². The third-order valence-electron chi connectivity index (χ3n) is 4.17. The number of hydrogen-bond acceptors (Lipinski definition) is 5. The normalized spacial score (nSPS) is 12.3. The number of nitrogens with two attached hydrogens (primary N) is 1. The minimum absolute atomic E-state index is 0.303. The zero-order valence-corrected chi connectivity index (χ0v) is 15.8. The van der Waals surface area contributed by atoms with Gasteiger partial charge in [0, 0.05) is 23.8 Å². The fourth-order valence-corrected chi connectivity index (χ4v) is 2.70. The van der Waals surface area contributed by atoms with Crippen molar-refractivity contribution in [1.82, 2.24) is 14.8 Å². The molecule has 0 aliphatic heterocycles. The van der Waals surface area contributed by atoms with Crippen LogP contribution in [0, 0.1) is 0 Å². The minimum Gasteiger partial charge on any atom is -0.397 e. The Morgan fingerprint density at radius 1 is 1.28 bits per heavy atom. The monoisotopic (exact) mass is 407 g/mol. The molecule has 4 N–H and O–H groups in total. The fraction of sp³-hybridized carbons (Fsp3) is 0.316. The van der Waals surface area contributed by atoms with Gasteiger partial charge in [-0.3, -0.25) is 9.48 Å². The highest BCUT2D eigenvalue weighted by molar-refractivity contribution is 6.05. The maximum Gasteiger partial charge on any atom is 0.433 e. The van der Waals surface area contributed by atoms with Gasteiger partial charge in [-0.1, -0.05) is 6.07 Å². The first-order chi connectivity index (χ1) is 13.4. The van der Waals surface area contributed by atoms with E-state index in [1.54, 1.807) is 30.8 Å². The lowest BCUT2D eigenvalue weighted by molar-refractivity contribution is -0.141. The third kappa shape index (κ3) is 5.02. The first-order valence-corrected chi connectivity index (χ1v) is 8.77. The molecule has 154 valence electrons. The molecule has 2 heterocycles. The van der Waals surface area contributed by atoms with Gasteiger partial charge < -0.3 is 16.2 Å². The van der Waals surface area contributed by atoms with E-state index < -0.39 is 23.4 Å². The van der Waals surface area contributed by atoms with Crippen LogP contribution in [0.4, 0.5) is 24.5 Å². The molecule has 3 aromatic rings. The summed E-state index contributed by atoms with van der Waals surface area (Å²) in [7, 11) is 0. The van der Waals surface area contributed by atoms with Crippen LogP contribution in [-0.2, 0) is 12.7 Å². The molecule has 10 heteroatoms. The smallest absolute Gasteiger partial charge is 0.397 e. The van der Waals surface area contributed by atoms with Gasteiger partial charge in [0.2, 0.25) is 0 Å². The molecule has 0 saturated heterocycles. The molecule has 2 aromatic heterocycles. The summed E-state index contributed by atoms with van der Waals surface area (Å²) in [5.41, 5.74) is 4.79. The van der Waals surface area contributed by atoms with Crippen molar-refractivity contribution in [3.63, 3.8) is 0 Å². The number of alkyl halides is 3. The summed E-state index contributed by atoms with van der Waals surface area (Å²) in [6.45, 7) is 3.85. The lowest BCUT2D eigenvalue weighted by Gasteiger charge is -2.16. The molecule has 0 saturated carbocycles. The average Bonchev–Trinajstić information content (AvgIpc) is 3.02. The van der Waals surface area contributed by atoms with E-state index in [2.05, 4.69) is 15.4 Å². The van der Waals surface area contributed by atoms with Gasteiger partial charge in [-0.2, -0.15) is 18.3 Å². The molecule has 0 aliphatic rings. The number of pyridine rings is 1. The Kier molecular flexibility index (Phi) is 5.22. The number of aromatic nitrogens is 3. The number of halogens is 3. The molecule has 29 heavy (non-hydrogen) atoms. The number of nitrogens with zero attached hydrogens (tertiary/aromatic N) is 3. The van der Waals surface area contributed by atoms with Gasteiger partial charge in [0.05, 0.1) is 11.3 Å². The summed E-state index contributed by atoms with van der Waals surface area (Å²) >= 11 is 0. The van der Waals surface area contributed by atoms with Gasteiger partial charge >= 0.3 is 6.18 Å². The second-order valence-electron chi connectivity index (χ2n) is 7.32. The second kappa shape index (κ2) is 7.36. The number of hydrogen-bond donors (Lipinski definition) is 3. The zero-order chi connectivity index (χ0) is 21.4. The Hall–Kier alpha value is -3.14. The number of rotatable bonds is 5. The number of benzene rings is 1. The highest BCUT2D eigenvalue weighted by atomic mass is 19.4. The lowest BCUT2D eigenvalue weighted by Crippen LogP contribution is -2.21. The molecule has 0 spiro atoms. The standard InChI is InChI=1S/C19H20F3N5O2/c1-18(2,29)6-7-27-10-11-8-12(9-13(23)16(11)26-27)24-17(28)14-4-3-5-15(25-14)19(20,21)22/h3-5,8-10,29H,6-7,23H2,1-2H3,(H,24,28). The summed E-state index contributed by atoms with van der Waals surface area (Å²) in [5.74, 6) is -0.788. The van der Waals surface area contributed by atoms with Crippen LogP contribution in [0.5, 0.6) is 0 Å². The molecule has 3 rings (SSSR count). The van der Waals surface area contributed by atoms with Crippen LogP contribution < -0.4 is 11.1 Å². The van der Waals surface area contributed by atoms with E-state index in [9.17, 15) is 23.1 Å². The summed E-state index contributed by atoms with van der Waals surface area (Å²) in [4.78, 5) is 15.7. The molecule has 1 amide bonds. The Morgan fingerprint density at radius 3 is 2.66 bits per heavy atom. The summed E-state index contributed by atoms with van der Waals surface area (Å²) in [6, 6.07) is 6.20. The van der Waals surface area contributed by atoms with Crippen molar-refractivity contribution in [2.24, 2.45) is 0 Å². The first-order valence-electron chi connectivity index (χ1n) is 8.77. The van der Waals surface area contributed by atoms with Gasteiger partial charge in [0.15, 0.2) is 0 Å². The largest absolute Gasteiger partial charge is 0.433 e. The summed E-state index contributed by atoms with van der Waals surface area (Å²) in [6.07, 6.45) is -2.45. The van der Waals surface area contributed by atoms with Gasteiger partial charge in [-0.25, -0.2) is 4.98 Å². The van der Waals surface area contributed by atoms with Crippen LogP contribution >= 0.6 is 0 Å². The summed E-state index contributed by atoms with van der Waals surface area (Å²) in [5, 5.41) is 17.4. The fourth-order valence-electron chi connectivity index (χ4n) is 2.70. The lowest BCUT2D eigenvalue weighted by atomic mass is 10.1. The molecular weight excluding hydrogens is 387 g/mol. The van der Waals surface area contributed by atoms with E-state index in [1.807, 2.05) is 0 Å². The molecule has 0 atom stereocenters. The van der Waals surface area contributed by atoms with Crippen molar-refractivity contribution in [1.29, 1.82) is 0 Å². The average molecular weight is 407 g/mol. The van der Waals surface area contributed by atoms with Crippen molar-refractivity contribution in [2.45, 2.75) is 38.6 Å². The van der Waals surface area contributed by atoms with Crippen molar-refractivity contribution < 1.29 is 23.1 Å². The predicted octanol–water partition coefficient (Wildman–Crippen LogP) is 3.45. The Balaban J connectivity index is 1.82. The highest BCUT2D eigenvalue weighted by Crippen LogP contribution is 2.28. The molecule has 0 unspecified atom stereocenters. The van der Waals surface area contributed by atoms with Crippen LogP contribution in [0.3, 0.4) is 0 Å². The Morgan fingerprint density at radius 2 is 2.00 bits per heavy atom. The number of amides is 1. The predicted molar refractivity (Wildman–Crippen MR) is 102 cm³/mol. The van der Waals surface area contributed by atoms with E-state index >= 15 is 0 Å².